The number of rotatable bonds is 9. The van der Waals surface area contributed by atoms with Gasteiger partial charge < -0.3 is 24.9 Å². The van der Waals surface area contributed by atoms with Crippen molar-refractivity contribution in [1.82, 2.24) is 20.0 Å². The van der Waals surface area contributed by atoms with Gasteiger partial charge in [0.05, 0.1) is 12.6 Å². The van der Waals surface area contributed by atoms with Crippen LogP contribution in [0.15, 0.2) is 24.3 Å². The highest BCUT2D eigenvalue weighted by Gasteiger charge is 2.52. The van der Waals surface area contributed by atoms with Gasteiger partial charge in [-0.3, -0.25) is 19.2 Å². The highest BCUT2D eigenvalue weighted by atomic mass is 16.2. The summed E-state index contributed by atoms with van der Waals surface area (Å²) in [5.41, 5.74) is 1.60. The minimum atomic E-state index is -0.726. The molecule has 3 fully saturated rings. The Morgan fingerprint density at radius 1 is 1.00 bits per heavy atom. The van der Waals surface area contributed by atoms with Gasteiger partial charge in [-0.2, -0.15) is 0 Å². The molecule has 1 N–H and O–H groups in total. The van der Waals surface area contributed by atoms with Crippen LogP contribution in [-0.2, 0) is 14.4 Å². The van der Waals surface area contributed by atoms with E-state index in [1.54, 1.807) is 9.80 Å². The van der Waals surface area contributed by atoms with Crippen LogP contribution in [0.4, 0.5) is 5.69 Å². The Morgan fingerprint density at radius 2 is 1.68 bits per heavy atom. The Morgan fingerprint density at radius 3 is 2.32 bits per heavy atom. The lowest BCUT2D eigenvalue weighted by atomic mass is 10.0. The highest BCUT2D eigenvalue weighted by Crippen LogP contribution is 2.31. The Labute approximate surface area is 226 Å². The van der Waals surface area contributed by atoms with Gasteiger partial charge in [-0.1, -0.05) is 27.2 Å². The molecule has 1 aromatic carbocycles. The number of piperazine rings is 1. The van der Waals surface area contributed by atoms with Crippen molar-refractivity contribution in [3.05, 3.63) is 29.8 Å². The molecule has 0 radical (unpaired) electrons. The average Bonchev–Trinajstić information content (AvgIpc) is 3.48. The number of carbonyl (C=O) groups excluding carboxylic acids is 4. The van der Waals surface area contributed by atoms with E-state index >= 15 is 0 Å². The molecule has 1 aromatic rings. The van der Waals surface area contributed by atoms with E-state index < -0.39 is 12.1 Å². The number of likely N-dealkylation sites (tertiary alicyclic amines) is 2. The number of fused-ring (bicyclic) bond motifs is 1. The third kappa shape index (κ3) is 6.20. The molecule has 3 aliphatic heterocycles. The van der Waals surface area contributed by atoms with E-state index in [4.69, 9.17) is 0 Å². The summed E-state index contributed by atoms with van der Waals surface area (Å²) in [7, 11) is 2.12. The second kappa shape index (κ2) is 12.3. The first-order chi connectivity index (χ1) is 18.2. The molecule has 3 atom stereocenters. The number of anilines is 1. The van der Waals surface area contributed by atoms with Gasteiger partial charge in [-0.25, -0.2) is 0 Å². The van der Waals surface area contributed by atoms with Gasteiger partial charge in [-0.15, -0.1) is 0 Å². The van der Waals surface area contributed by atoms with Crippen LogP contribution in [0.5, 0.6) is 0 Å². The number of carbonyl (C=O) groups is 4. The molecule has 3 unspecified atom stereocenters. The number of benzene rings is 1. The SMILES string of the molecule is CCCCC(=O)N1CC(=O)C2C1CCN2C(=O)C(CC(C)C)NC(=O)c1ccc(N2CCN(C)CC2)cc1. The summed E-state index contributed by atoms with van der Waals surface area (Å²) in [6.45, 7) is 10.5. The van der Waals surface area contributed by atoms with Crippen LogP contribution >= 0.6 is 0 Å². The first-order valence-electron chi connectivity index (χ1n) is 14.2. The summed E-state index contributed by atoms with van der Waals surface area (Å²) in [6.07, 6.45) is 3.21. The van der Waals surface area contributed by atoms with E-state index in [1.165, 1.54) is 0 Å². The van der Waals surface area contributed by atoms with Gasteiger partial charge in [0.25, 0.3) is 5.91 Å². The smallest absolute Gasteiger partial charge is 0.251 e. The molecule has 38 heavy (non-hydrogen) atoms. The van der Waals surface area contributed by atoms with Crippen LogP contribution in [0.25, 0.3) is 0 Å². The van der Waals surface area contributed by atoms with E-state index in [1.807, 2.05) is 45.0 Å². The second-order valence-corrected chi connectivity index (χ2v) is 11.4. The van der Waals surface area contributed by atoms with Gasteiger partial charge in [-0.05, 0) is 56.5 Å². The number of unbranched alkanes of at least 4 members (excludes halogenated alkanes) is 1. The number of nitrogens with zero attached hydrogens (tertiary/aromatic N) is 4. The maximum atomic E-state index is 13.7. The molecule has 0 saturated carbocycles. The van der Waals surface area contributed by atoms with Crippen LogP contribution in [0.3, 0.4) is 0 Å². The number of ketones is 1. The summed E-state index contributed by atoms with van der Waals surface area (Å²) < 4.78 is 0. The van der Waals surface area contributed by atoms with Crippen molar-refractivity contribution in [3.8, 4) is 0 Å². The van der Waals surface area contributed by atoms with Crippen molar-refractivity contribution in [3.63, 3.8) is 0 Å². The maximum Gasteiger partial charge on any atom is 0.251 e. The second-order valence-electron chi connectivity index (χ2n) is 11.4. The van der Waals surface area contributed by atoms with Crippen LogP contribution in [-0.4, -0.2) is 103 Å². The van der Waals surface area contributed by atoms with Gasteiger partial charge >= 0.3 is 0 Å². The number of likely N-dealkylation sites (N-methyl/N-ethyl adjacent to an activating group) is 1. The fraction of sp³-hybridized carbons (Fsp3) is 0.655. The number of hydrogen-bond acceptors (Lipinski definition) is 6. The largest absolute Gasteiger partial charge is 0.369 e. The van der Waals surface area contributed by atoms with Crippen LogP contribution in [0.1, 0.15) is 63.2 Å². The topological polar surface area (TPSA) is 93.3 Å². The van der Waals surface area contributed by atoms with Crippen molar-refractivity contribution in [2.45, 2.75) is 71.0 Å². The zero-order valence-corrected chi connectivity index (χ0v) is 23.3. The van der Waals surface area contributed by atoms with Gasteiger partial charge in [0.1, 0.15) is 12.1 Å². The van der Waals surface area contributed by atoms with E-state index in [2.05, 4.69) is 22.2 Å². The van der Waals surface area contributed by atoms with Crippen LogP contribution < -0.4 is 10.2 Å². The van der Waals surface area contributed by atoms with E-state index in [-0.39, 0.29) is 42.0 Å². The summed E-state index contributed by atoms with van der Waals surface area (Å²) in [5.74, 6) is -0.439. The normalized spacial score (nSPS) is 22.7. The Kier molecular flexibility index (Phi) is 9.07. The minimum Gasteiger partial charge on any atom is -0.369 e. The first kappa shape index (κ1) is 28.1. The summed E-state index contributed by atoms with van der Waals surface area (Å²) in [5, 5.41) is 2.96. The van der Waals surface area contributed by atoms with Gasteiger partial charge in [0, 0.05) is 50.4 Å². The lowest BCUT2D eigenvalue weighted by Gasteiger charge is -2.34. The monoisotopic (exact) mass is 525 g/mol. The third-order valence-corrected chi connectivity index (χ3v) is 8.08. The molecule has 9 nitrogen and oxygen atoms in total. The van der Waals surface area contributed by atoms with Crippen LogP contribution in [0, 0.1) is 5.92 Å². The van der Waals surface area contributed by atoms with E-state index in [0.29, 0.717) is 31.4 Å². The quantitative estimate of drug-likeness (QED) is 0.531. The van der Waals surface area contributed by atoms with Crippen molar-refractivity contribution >= 4 is 29.2 Å². The standard InChI is InChI=1S/C29H43N5O4/c1-5-6-7-26(36)34-19-25(35)27-24(34)12-13-33(27)29(38)23(18-20(2)3)30-28(37)21-8-10-22(11-9-21)32-16-14-31(4)15-17-32/h8-11,20,23-24,27H,5-7,12-19H2,1-4H3,(H,30,37). The molecule has 3 heterocycles. The lowest BCUT2D eigenvalue weighted by Crippen LogP contribution is -2.53. The molecule has 0 spiro atoms. The highest BCUT2D eigenvalue weighted by molar-refractivity contribution is 6.01. The number of nitrogens with one attached hydrogen (secondary N) is 1. The van der Waals surface area contributed by atoms with E-state index in [9.17, 15) is 19.2 Å². The predicted octanol–water partition coefficient (Wildman–Crippen LogP) is 2.15. The van der Waals surface area contributed by atoms with Crippen molar-refractivity contribution < 1.29 is 19.2 Å². The first-order valence-corrected chi connectivity index (χ1v) is 14.2. The summed E-state index contributed by atoms with van der Waals surface area (Å²) in [4.78, 5) is 60.5. The predicted molar refractivity (Wildman–Crippen MR) is 147 cm³/mol. The molecule has 3 aliphatic rings. The molecule has 3 saturated heterocycles. The number of hydrogen-bond donors (Lipinski definition) is 1. The molecule has 3 amide bonds. The average molecular weight is 526 g/mol. The van der Waals surface area contributed by atoms with E-state index in [0.717, 1.165) is 44.7 Å². The summed E-state index contributed by atoms with van der Waals surface area (Å²) >= 11 is 0. The van der Waals surface area contributed by atoms with Crippen molar-refractivity contribution in [2.75, 3.05) is 51.2 Å². The molecular weight excluding hydrogens is 482 g/mol. The number of Topliss-reactive ketones (excluding diaryl/α,β-unsaturated/α-hetero) is 1. The minimum absolute atomic E-state index is 0.00551. The molecule has 208 valence electrons. The fourth-order valence-electron chi connectivity index (χ4n) is 5.88. The Balaban J connectivity index is 1.42. The molecule has 0 aliphatic carbocycles. The van der Waals surface area contributed by atoms with Gasteiger partial charge in [0.15, 0.2) is 5.78 Å². The van der Waals surface area contributed by atoms with Crippen molar-refractivity contribution in [2.24, 2.45) is 5.92 Å². The molecule has 0 bridgehead atoms. The zero-order chi connectivity index (χ0) is 27.4. The zero-order valence-electron chi connectivity index (χ0n) is 23.3. The molecule has 9 heteroatoms. The number of amides is 3. The Hall–Kier alpha value is -2.94. The maximum absolute atomic E-state index is 13.7. The molecule has 0 aromatic heterocycles. The van der Waals surface area contributed by atoms with Crippen molar-refractivity contribution in [1.29, 1.82) is 0 Å². The van der Waals surface area contributed by atoms with Gasteiger partial charge in [0.2, 0.25) is 11.8 Å². The third-order valence-electron chi connectivity index (χ3n) is 8.08. The Bertz CT molecular complexity index is 1020. The lowest BCUT2D eigenvalue weighted by molar-refractivity contribution is -0.138. The summed E-state index contributed by atoms with van der Waals surface area (Å²) in [6, 6.07) is 5.96. The fourth-order valence-corrected chi connectivity index (χ4v) is 5.88. The van der Waals surface area contributed by atoms with Crippen LogP contribution in [0.2, 0.25) is 0 Å². The molecular formula is C29H43N5O4. The molecule has 4 rings (SSSR count).